The third-order valence-electron chi connectivity index (χ3n) is 8.15. The van der Waals surface area contributed by atoms with Gasteiger partial charge in [0.1, 0.15) is 12.1 Å². The largest absolute Gasteiger partial charge is 0.490 e. The molecule has 0 bridgehead atoms. The third kappa shape index (κ3) is 9.97. The quantitative estimate of drug-likeness (QED) is 0.373. The van der Waals surface area contributed by atoms with E-state index in [0.717, 1.165) is 53.0 Å². The summed E-state index contributed by atoms with van der Waals surface area (Å²) in [5.74, 6) is -2.55. The van der Waals surface area contributed by atoms with Gasteiger partial charge in [-0.1, -0.05) is 66.4 Å². The summed E-state index contributed by atoms with van der Waals surface area (Å²) in [7, 11) is 0. The first-order valence-electron chi connectivity index (χ1n) is 15.1. The number of carbonyl (C=O) groups is 5. The van der Waals surface area contributed by atoms with Crippen molar-refractivity contribution in [1.82, 2.24) is 15.1 Å². The molecule has 3 aliphatic rings. The minimum Gasteiger partial charge on any atom is -0.480 e. The number of nitrogens with one attached hydrogen (secondary N) is 1. The number of carboxylic acids is 2. The van der Waals surface area contributed by atoms with Gasteiger partial charge in [-0.25, -0.2) is 9.59 Å². The van der Waals surface area contributed by atoms with Gasteiger partial charge in [-0.15, -0.1) is 0 Å². The molecule has 0 spiro atoms. The molecular weight excluding hydrogens is 659 g/mol. The summed E-state index contributed by atoms with van der Waals surface area (Å²) in [4.78, 5) is 65.5. The summed E-state index contributed by atoms with van der Waals surface area (Å²) >= 11 is 2.91. The van der Waals surface area contributed by atoms with Crippen molar-refractivity contribution < 1.29 is 47.4 Å². The molecule has 2 amide bonds. The number of alkyl halides is 3. The highest BCUT2D eigenvalue weighted by Crippen LogP contribution is 2.39. The smallest absolute Gasteiger partial charge is 0.480 e. The normalized spacial score (nSPS) is 22.0. The molecule has 3 aliphatic heterocycles. The van der Waals surface area contributed by atoms with E-state index in [1.807, 2.05) is 66.4 Å². The fourth-order valence-electron chi connectivity index (χ4n) is 5.92. The molecule has 0 aliphatic carbocycles. The summed E-state index contributed by atoms with van der Waals surface area (Å²) in [6.07, 6.45) is -2.67. The second kappa shape index (κ2) is 16.5. The summed E-state index contributed by atoms with van der Waals surface area (Å²) in [6, 6.07) is 15.1. The van der Waals surface area contributed by atoms with Gasteiger partial charge >= 0.3 is 18.1 Å². The third-order valence-corrected chi connectivity index (χ3v) is 10.1. The summed E-state index contributed by atoms with van der Waals surface area (Å²) in [5.41, 5.74) is 2.81. The number of hydrogen-bond acceptors (Lipinski definition) is 8. The number of carboxylic acid groups (broad SMARTS) is 2. The fraction of sp³-hybridized carbons (Fsp3) is 0.469. The molecule has 47 heavy (non-hydrogen) atoms. The molecule has 254 valence electrons. The van der Waals surface area contributed by atoms with Gasteiger partial charge < -0.3 is 20.4 Å². The van der Waals surface area contributed by atoms with E-state index in [1.54, 1.807) is 0 Å². The van der Waals surface area contributed by atoms with E-state index >= 15 is 0 Å². The molecule has 3 N–H and O–H groups in total. The van der Waals surface area contributed by atoms with E-state index in [9.17, 15) is 37.5 Å². The molecule has 10 nitrogen and oxygen atoms in total. The molecule has 0 unspecified atom stereocenters. The SMILES string of the molecule is O=C(CN1CCSCC1)S[C@@H](Cc1ccccc1)C(=O)N[C@H]1Cc2ccccc2[C@H]2CCC[C@@H](C(=O)O)N2C1=O.O=C(O)C(F)(F)F. The Hall–Kier alpha value is -3.56. The number of fused-ring (bicyclic) bond motifs is 3. The number of amides is 2. The van der Waals surface area contributed by atoms with Gasteiger partial charge in [-0.3, -0.25) is 19.3 Å². The fourth-order valence-corrected chi connectivity index (χ4v) is 7.92. The van der Waals surface area contributed by atoms with Crippen LogP contribution in [0.25, 0.3) is 0 Å². The van der Waals surface area contributed by atoms with Crippen LogP contribution < -0.4 is 5.32 Å². The molecule has 0 aromatic heterocycles. The Balaban J connectivity index is 0.000000644. The van der Waals surface area contributed by atoms with Crippen molar-refractivity contribution in [2.75, 3.05) is 31.1 Å². The minimum atomic E-state index is -5.08. The topological polar surface area (TPSA) is 144 Å². The van der Waals surface area contributed by atoms with Crippen molar-refractivity contribution in [3.63, 3.8) is 0 Å². The number of piperidine rings is 1. The van der Waals surface area contributed by atoms with Crippen LogP contribution >= 0.6 is 23.5 Å². The van der Waals surface area contributed by atoms with Crippen molar-refractivity contribution in [3.05, 3.63) is 71.3 Å². The lowest BCUT2D eigenvalue weighted by Gasteiger charge is -2.40. The molecule has 0 radical (unpaired) electrons. The van der Waals surface area contributed by atoms with Gasteiger partial charge in [0.25, 0.3) is 0 Å². The molecule has 2 saturated heterocycles. The van der Waals surface area contributed by atoms with Crippen LogP contribution in [0.2, 0.25) is 0 Å². The highest BCUT2D eigenvalue weighted by Gasteiger charge is 2.45. The monoisotopic (exact) mass is 695 g/mol. The summed E-state index contributed by atoms with van der Waals surface area (Å²) in [6.45, 7) is 1.99. The molecule has 2 aromatic carbocycles. The number of aliphatic carboxylic acids is 2. The minimum absolute atomic E-state index is 0.0671. The first-order valence-corrected chi connectivity index (χ1v) is 17.2. The van der Waals surface area contributed by atoms with E-state index < -0.39 is 35.4 Å². The standard InChI is InChI=1S/C30H35N3O5S2.C2HF3O2/c34-27(19-32-13-15-39-16-14-32)40-26(17-20-7-2-1-3-8-20)28(35)31-23-18-21-9-4-5-10-22(21)24-11-6-12-25(30(37)38)33(24)29(23)36;3-2(4,5)1(6)7/h1-5,7-10,23-26H,6,11-19H2,(H,31,35)(H,37,38);(H,6,7)/t23-,24+,25-,26-;/m0./s1. The van der Waals surface area contributed by atoms with Crippen LogP contribution in [-0.4, -0.2) is 104 Å². The summed E-state index contributed by atoms with van der Waals surface area (Å²) in [5, 5.41) is 19.3. The van der Waals surface area contributed by atoms with Crippen LogP contribution in [-0.2, 0) is 36.8 Å². The Labute approximate surface area is 278 Å². The predicted octanol–water partition coefficient (Wildman–Crippen LogP) is 3.79. The Kier molecular flexibility index (Phi) is 12.7. The number of rotatable bonds is 8. The average Bonchev–Trinajstić information content (AvgIpc) is 3.15. The van der Waals surface area contributed by atoms with Crippen LogP contribution in [0.3, 0.4) is 0 Å². The van der Waals surface area contributed by atoms with Crippen molar-refractivity contribution in [3.8, 4) is 0 Å². The van der Waals surface area contributed by atoms with Crippen LogP contribution in [0.1, 0.15) is 42.0 Å². The lowest BCUT2D eigenvalue weighted by atomic mass is 9.89. The Morgan fingerprint density at radius 2 is 1.62 bits per heavy atom. The zero-order valence-corrected chi connectivity index (χ0v) is 27.0. The Morgan fingerprint density at radius 3 is 2.26 bits per heavy atom. The van der Waals surface area contributed by atoms with Gasteiger partial charge in [-0.2, -0.15) is 24.9 Å². The highest BCUT2D eigenvalue weighted by atomic mass is 32.2. The van der Waals surface area contributed by atoms with E-state index in [4.69, 9.17) is 9.90 Å². The van der Waals surface area contributed by atoms with Crippen molar-refractivity contribution >= 4 is 52.4 Å². The maximum absolute atomic E-state index is 13.9. The zero-order chi connectivity index (χ0) is 34.1. The van der Waals surface area contributed by atoms with Crippen LogP contribution in [0, 0.1) is 0 Å². The van der Waals surface area contributed by atoms with E-state index in [1.165, 1.54) is 4.90 Å². The Bertz CT molecular complexity index is 1440. The maximum Gasteiger partial charge on any atom is 0.490 e. The number of nitrogens with zero attached hydrogens (tertiary/aromatic N) is 2. The molecule has 4 atom stereocenters. The number of carbonyl (C=O) groups excluding carboxylic acids is 3. The molecule has 2 fully saturated rings. The lowest BCUT2D eigenvalue weighted by Crippen LogP contribution is -2.56. The molecule has 15 heteroatoms. The van der Waals surface area contributed by atoms with Crippen LogP contribution in [0.15, 0.2) is 54.6 Å². The second-order valence-electron chi connectivity index (χ2n) is 11.4. The van der Waals surface area contributed by atoms with Crippen molar-refractivity contribution in [2.24, 2.45) is 0 Å². The van der Waals surface area contributed by atoms with Crippen molar-refractivity contribution in [1.29, 1.82) is 0 Å². The van der Waals surface area contributed by atoms with Crippen LogP contribution in [0.4, 0.5) is 13.2 Å². The lowest BCUT2D eigenvalue weighted by molar-refractivity contribution is -0.192. The van der Waals surface area contributed by atoms with Gasteiger partial charge in [0.2, 0.25) is 16.9 Å². The predicted molar refractivity (Wildman–Crippen MR) is 171 cm³/mol. The molecular formula is C32H36F3N3O7S2. The molecule has 3 heterocycles. The molecule has 5 rings (SSSR count). The van der Waals surface area contributed by atoms with Crippen molar-refractivity contribution in [2.45, 2.75) is 61.7 Å². The number of hydrogen-bond donors (Lipinski definition) is 3. The van der Waals surface area contributed by atoms with Gasteiger partial charge in [0, 0.05) is 31.0 Å². The Morgan fingerprint density at radius 1 is 0.979 bits per heavy atom. The van der Waals surface area contributed by atoms with Gasteiger partial charge in [0.05, 0.1) is 17.8 Å². The average molecular weight is 696 g/mol. The van der Waals surface area contributed by atoms with Crippen LogP contribution in [0.5, 0.6) is 0 Å². The number of halogens is 3. The highest BCUT2D eigenvalue weighted by molar-refractivity contribution is 8.14. The first-order chi connectivity index (χ1) is 22.3. The van der Waals surface area contributed by atoms with E-state index in [2.05, 4.69) is 10.2 Å². The van der Waals surface area contributed by atoms with E-state index in [0.29, 0.717) is 25.7 Å². The van der Waals surface area contributed by atoms with Gasteiger partial charge in [0.15, 0.2) is 0 Å². The second-order valence-corrected chi connectivity index (χ2v) is 13.9. The van der Waals surface area contributed by atoms with E-state index in [-0.39, 0.29) is 35.9 Å². The molecule has 2 aromatic rings. The maximum atomic E-state index is 13.9. The molecule has 0 saturated carbocycles. The number of benzene rings is 2. The van der Waals surface area contributed by atoms with Gasteiger partial charge in [-0.05, 0) is 42.4 Å². The summed E-state index contributed by atoms with van der Waals surface area (Å²) < 4.78 is 31.7. The zero-order valence-electron chi connectivity index (χ0n) is 25.4. The number of thioether (sulfide) groups is 2. The first kappa shape index (κ1) is 36.3.